The van der Waals surface area contributed by atoms with E-state index in [0.29, 0.717) is 46.1 Å². The number of pyridine rings is 1. The first kappa shape index (κ1) is 36.3. The van der Waals surface area contributed by atoms with Gasteiger partial charge in [-0.3, -0.25) is 4.98 Å². The summed E-state index contributed by atoms with van der Waals surface area (Å²) in [6.07, 6.45) is 6.82. The highest BCUT2D eigenvalue weighted by molar-refractivity contribution is 6.76. The van der Waals surface area contributed by atoms with Gasteiger partial charge >= 0.3 is 0 Å². The molecule has 0 atom stereocenters. The van der Waals surface area contributed by atoms with Gasteiger partial charge in [-0.15, -0.1) is 0 Å². The van der Waals surface area contributed by atoms with Gasteiger partial charge in [0.25, 0.3) is 0 Å². The fourth-order valence-corrected chi connectivity index (χ4v) is 7.59. The van der Waals surface area contributed by atoms with Crippen molar-refractivity contribution < 1.29 is 19.3 Å². The van der Waals surface area contributed by atoms with Crippen molar-refractivity contribution in [3.05, 3.63) is 66.6 Å². The number of anilines is 1. The highest BCUT2D eigenvalue weighted by atomic mass is 28.3. The normalized spacial score (nSPS) is 18.8. The van der Waals surface area contributed by atoms with Crippen molar-refractivity contribution >= 4 is 27.6 Å². The maximum absolute atomic E-state index is 11.1. The molecule has 0 amide bonds. The van der Waals surface area contributed by atoms with Crippen LogP contribution >= 0.6 is 0 Å². The zero-order chi connectivity index (χ0) is 34.4. The number of fused-ring (bicyclic) bond motifs is 1. The summed E-state index contributed by atoms with van der Waals surface area (Å²) in [5, 5.41) is 16.0. The topological polar surface area (TPSA) is 94.2 Å². The van der Waals surface area contributed by atoms with E-state index in [0.717, 1.165) is 64.5 Å². The molecule has 48 heavy (non-hydrogen) atoms. The van der Waals surface area contributed by atoms with Crippen molar-refractivity contribution in [2.24, 2.45) is 0 Å². The van der Waals surface area contributed by atoms with Gasteiger partial charge in [0.15, 0.2) is 5.65 Å². The van der Waals surface area contributed by atoms with Gasteiger partial charge in [0, 0.05) is 77.0 Å². The van der Waals surface area contributed by atoms with Crippen molar-refractivity contribution in [3.8, 4) is 22.4 Å². The molecule has 0 bridgehead atoms. The quantitative estimate of drug-likeness (QED) is 0.0721. The number of methoxy groups -OCH3 is 1. The van der Waals surface area contributed by atoms with Gasteiger partial charge in [-0.25, -0.2) is 4.98 Å². The Kier molecular flexibility index (Phi) is 11.9. The largest absolute Gasteiger partial charge is 0.387 e. The van der Waals surface area contributed by atoms with Gasteiger partial charge in [-0.1, -0.05) is 75.7 Å². The molecule has 1 aromatic carbocycles. The van der Waals surface area contributed by atoms with E-state index in [9.17, 15) is 5.11 Å². The summed E-state index contributed by atoms with van der Waals surface area (Å²) in [6.45, 7) is 16.8. The van der Waals surface area contributed by atoms with Crippen LogP contribution in [0.2, 0.25) is 51.4 Å². The van der Waals surface area contributed by atoms with Crippen molar-refractivity contribution in [2.75, 3.05) is 45.3 Å². The van der Waals surface area contributed by atoms with Crippen LogP contribution in [0, 0.1) is 0 Å². The fraction of sp³-hybridized carbons (Fsp3) is 0.541. The van der Waals surface area contributed by atoms with E-state index in [1.165, 1.54) is 0 Å². The number of rotatable bonds is 16. The van der Waals surface area contributed by atoms with E-state index in [2.05, 4.69) is 74.5 Å². The molecule has 260 valence electrons. The van der Waals surface area contributed by atoms with Gasteiger partial charge in [-0.05, 0) is 43.8 Å². The fourth-order valence-electron chi connectivity index (χ4n) is 6.08. The predicted molar refractivity (Wildman–Crippen MR) is 200 cm³/mol. The molecule has 0 spiro atoms. The van der Waals surface area contributed by atoms with Crippen LogP contribution in [-0.4, -0.2) is 86.8 Å². The molecule has 0 unspecified atom stereocenters. The zero-order valence-electron chi connectivity index (χ0n) is 30.0. The summed E-state index contributed by atoms with van der Waals surface area (Å²) in [5.41, 5.74) is 4.89. The van der Waals surface area contributed by atoms with E-state index < -0.39 is 21.7 Å². The van der Waals surface area contributed by atoms with Crippen LogP contribution in [0.3, 0.4) is 0 Å². The summed E-state index contributed by atoms with van der Waals surface area (Å²) < 4.78 is 19.9. The monoisotopic (exact) mass is 689 g/mol. The molecule has 11 heteroatoms. The highest BCUT2D eigenvalue weighted by Gasteiger charge is 2.35. The number of ether oxygens (including phenoxy) is 3. The van der Waals surface area contributed by atoms with Gasteiger partial charge in [0.2, 0.25) is 0 Å². The number of hydrogen-bond acceptors (Lipinski definition) is 8. The van der Waals surface area contributed by atoms with Crippen LogP contribution in [0.15, 0.2) is 60.9 Å². The summed E-state index contributed by atoms with van der Waals surface area (Å²) in [5.74, 6) is 1.10. The molecule has 3 aromatic heterocycles. The summed E-state index contributed by atoms with van der Waals surface area (Å²) in [7, 11) is -0.841. The second-order valence-electron chi connectivity index (χ2n) is 15.8. The molecule has 0 aliphatic heterocycles. The van der Waals surface area contributed by atoms with Crippen molar-refractivity contribution in [2.45, 2.75) is 88.6 Å². The maximum Gasteiger partial charge on any atom is 0.165 e. The summed E-state index contributed by atoms with van der Waals surface area (Å²) >= 11 is 0. The van der Waals surface area contributed by atoms with Gasteiger partial charge in [0.05, 0.1) is 24.1 Å². The minimum absolute atomic E-state index is 0.203. The number of nitrogens with zero attached hydrogens (tertiary/aromatic N) is 5. The number of aromatic nitrogens is 4. The van der Waals surface area contributed by atoms with E-state index in [-0.39, 0.29) is 5.92 Å². The first-order chi connectivity index (χ1) is 22.8. The molecule has 1 aliphatic carbocycles. The number of aliphatic hydroxyl groups is 1. The second kappa shape index (κ2) is 15.7. The van der Waals surface area contributed by atoms with E-state index >= 15 is 0 Å². The lowest BCUT2D eigenvalue weighted by Crippen LogP contribution is -2.38. The Morgan fingerprint density at radius 2 is 1.52 bits per heavy atom. The molecule has 1 aliphatic rings. The smallest absolute Gasteiger partial charge is 0.165 e. The highest BCUT2D eigenvalue weighted by Crippen LogP contribution is 2.39. The first-order valence-electron chi connectivity index (χ1n) is 17.4. The second-order valence-corrected chi connectivity index (χ2v) is 27.0. The Balaban J connectivity index is 1.51. The van der Waals surface area contributed by atoms with Crippen LogP contribution in [0.5, 0.6) is 0 Å². The van der Waals surface area contributed by atoms with E-state index in [1.807, 2.05) is 35.1 Å². The van der Waals surface area contributed by atoms with Crippen molar-refractivity contribution in [1.82, 2.24) is 19.6 Å². The Morgan fingerprint density at radius 3 is 2.08 bits per heavy atom. The average Bonchev–Trinajstić information content (AvgIpc) is 3.48. The molecular weight excluding hydrogens is 635 g/mol. The SMILES string of the molecule is COC[C@]1(O)CC[C@@H](c2cc(N(COCC[Si](C)(C)C)COCC[Si](C)(C)C)n3ncc(-c4ccc(-c5ccccc5)nc4)c3n2)CC1. The van der Waals surface area contributed by atoms with Crippen molar-refractivity contribution in [3.63, 3.8) is 0 Å². The Morgan fingerprint density at radius 1 is 0.875 bits per heavy atom. The average molecular weight is 690 g/mol. The first-order valence-corrected chi connectivity index (χ1v) is 24.8. The Labute approximate surface area is 288 Å². The summed E-state index contributed by atoms with van der Waals surface area (Å²) in [4.78, 5) is 12.2. The molecule has 1 N–H and O–H groups in total. The lowest BCUT2D eigenvalue weighted by atomic mass is 9.78. The van der Waals surface area contributed by atoms with Crippen LogP contribution < -0.4 is 4.90 Å². The third kappa shape index (κ3) is 9.83. The Bertz CT molecular complexity index is 1570. The minimum Gasteiger partial charge on any atom is -0.387 e. The van der Waals surface area contributed by atoms with Crippen LogP contribution in [-0.2, 0) is 14.2 Å². The van der Waals surface area contributed by atoms with Gasteiger partial charge < -0.3 is 24.2 Å². The lowest BCUT2D eigenvalue weighted by Gasteiger charge is -2.35. The van der Waals surface area contributed by atoms with Crippen LogP contribution in [0.1, 0.15) is 37.3 Å². The zero-order valence-corrected chi connectivity index (χ0v) is 32.0. The predicted octanol–water partition coefficient (Wildman–Crippen LogP) is 7.92. The van der Waals surface area contributed by atoms with E-state index in [4.69, 9.17) is 29.3 Å². The summed E-state index contributed by atoms with van der Waals surface area (Å²) in [6, 6.07) is 18.7. The van der Waals surface area contributed by atoms with Gasteiger partial charge in [-0.2, -0.15) is 9.61 Å². The molecule has 1 fully saturated rings. The Hall–Kier alpha value is -2.94. The molecule has 9 nitrogen and oxygen atoms in total. The van der Waals surface area contributed by atoms with Crippen LogP contribution in [0.25, 0.3) is 28.0 Å². The third-order valence-corrected chi connectivity index (χ3v) is 12.6. The molecule has 3 heterocycles. The molecule has 1 saturated carbocycles. The number of hydrogen-bond donors (Lipinski definition) is 1. The maximum atomic E-state index is 11.1. The molecule has 5 rings (SSSR count). The molecule has 4 aromatic rings. The molecular formula is C37H55N5O4Si2. The number of benzene rings is 1. The minimum atomic E-state index is -1.25. The third-order valence-electron chi connectivity index (χ3n) is 9.18. The lowest BCUT2D eigenvalue weighted by molar-refractivity contribution is -0.0590. The standard InChI is InChI=1S/C37H55N5O4Si2/c1-44-26-37(43)17-15-30(16-18-37)34-23-35(41(27-45-19-21-47(2,3)4)28-46-20-22-48(5,6)7)42-36(40-34)32(25-39-42)31-13-14-33(38-24-31)29-11-9-8-10-12-29/h8-14,23-25,30,43H,15-22,26-28H2,1-7H3/t30-,37+. The van der Waals surface area contributed by atoms with Crippen molar-refractivity contribution in [1.29, 1.82) is 0 Å². The van der Waals surface area contributed by atoms with Crippen LogP contribution in [0.4, 0.5) is 5.82 Å². The van der Waals surface area contributed by atoms with E-state index in [1.54, 1.807) is 7.11 Å². The molecule has 0 radical (unpaired) electrons. The van der Waals surface area contributed by atoms with Gasteiger partial charge in [0.1, 0.15) is 19.3 Å². The molecule has 0 saturated heterocycles.